The zero-order chi connectivity index (χ0) is 12.3. The summed E-state index contributed by atoms with van der Waals surface area (Å²) in [6, 6.07) is 0. The number of nitrogens with one attached hydrogen (secondary N) is 1. The highest BCUT2D eigenvalue weighted by molar-refractivity contribution is 7.15. The third-order valence-corrected chi connectivity index (χ3v) is 2.96. The van der Waals surface area contributed by atoms with Crippen molar-refractivity contribution >= 4 is 16.5 Å². The smallest absolute Gasteiger partial charge is 0.376 e. The highest BCUT2D eigenvalue weighted by Crippen LogP contribution is 2.32. The summed E-state index contributed by atoms with van der Waals surface area (Å²) in [5.74, 6) is 0. The van der Waals surface area contributed by atoms with E-state index in [4.69, 9.17) is 9.47 Å². The van der Waals surface area contributed by atoms with Crippen LogP contribution in [0.15, 0.2) is 0 Å². The zero-order valence-electron chi connectivity index (χ0n) is 8.66. The summed E-state index contributed by atoms with van der Waals surface area (Å²) in [7, 11) is 0. The van der Waals surface area contributed by atoms with Gasteiger partial charge < -0.3 is 14.8 Å². The van der Waals surface area contributed by atoms with E-state index in [1.54, 1.807) is 0 Å². The van der Waals surface area contributed by atoms with E-state index in [0.717, 1.165) is 0 Å². The van der Waals surface area contributed by atoms with Gasteiger partial charge in [0.2, 0.25) is 10.1 Å². The highest BCUT2D eigenvalue weighted by Gasteiger charge is 2.35. The fraction of sp³-hybridized carbons (Fsp3) is 0.750. The molecule has 1 unspecified atom stereocenters. The largest absolute Gasteiger partial charge is 0.445 e. The molecule has 5 nitrogen and oxygen atoms in total. The molecule has 1 N–H and O–H groups in total. The van der Waals surface area contributed by atoms with E-state index in [1.165, 1.54) is 0 Å². The number of ether oxygens (including phenoxy) is 2. The molecule has 1 aromatic rings. The predicted octanol–water partition coefficient (Wildman–Crippen LogP) is 1.38. The first-order chi connectivity index (χ1) is 8.05. The average molecular weight is 269 g/mol. The Labute approximate surface area is 98.9 Å². The van der Waals surface area contributed by atoms with E-state index in [1.807, 2.05) is 0 Å². The fourth-order valence-electron chi connectivity index (χ4n) is 1.26. The van der Waals surface area contributed by atoms with Crippen LogP contribution in [-0.4, -0.2) is 42.7 Å². The number of rotatable bonds is 3. The van der Waals surface area contributed by atoms with Crippen LogP contribution in [0, 0.1) is 0 Å². The van der Waals surface area contributed by atoms with Crippen LogP contribution in [0.1, 0.15) is 5.01 Å². The minimum absolute atomic E-state index is 0.131. The highest BCUT2D eigenvalue weighted by atomic mass is 32.1. The topological polar surface area (TPSA) is 56.3 Å². The molecule has 0 aliphatic carbocycles. The van der Waals surface area contributed by atoms with Crippen LogP contribution >= 0.6 is 11.3 Å². The average Bonchev–Trinajstić information content (AvgIpc) is 2.76. The van der Waals surface area contributed by atoms with Gasteiger partial charge in [0, 0.05) is 6.54 Å². The SMILES string of the molecule is FC(F)(F)c1nnc(NCC2COCCO2)s1. The second-order valence-electron chi connectivity index (χ2n) is 3.36. The summed E-state index contributed by atoms with van der Waals surface area (Å²) in [4.78, 5) is 0. The third kappa shape index (κ3) is 3.51. The Morgan fingerprint density at radius 1 is 1.35 bits per heavy atom. The molecule has 1 aliphatic rings. The third-order valence-electron chi connectivity index (χ3n) is 2.03. The number of halogens is 3. The maximum atomic E-state index is 12.2. The van der Waals surface area contributed by atoms with Crippen molar-refractivity contribution in [1.82, 2.24) is 10.2 Å². The van der Waals surface area contributed by atoms with E-state index in [-0.39, 0.29) is 11.2 Å². The molecule has 1 atom stereocenters. The van der Waals surface area contributed by atoms with Crippen molar-refractivity contribution in [2.45, 2.75) is 12.3 Å². The predicted molar refractivity (Wildman–Crippen MR) is 54.0 cm³/mol. The van der Waals surface area contributed by atoms with Crippen molar-refractivity contribution in [3.05, 3.63) is 5.01 Å². The summed E-state index contributed by atoms with van der Waals surface area (Å²) in [5, 5.41) is 8.39. The number of hydrogen-bond acceptors (Lipinski definition) is 6. The number of aromatic nitrogens is 2. The lowest BCUT2D eigenvalue weighted by molar-refractivity contribution is -0.138. The van der Waals surface area contributed by atoms with Gasteiger partial charge in [0.1, 0.15) is 0 Å². The van der Waals surface area contributed by atoms with E-state index in [2.05, 4.69) is 15.5 Å². The second kappa shape index (κ2) is 5.15. The molecule has 1 aliphatic heterocycles. The fourth-order valence-corrected chi connectivity index (χ4v) is 1.88. The molecule has 0 aromatic carbocycles. The first kappa shape index (κ1) is 12.5. The van der Waals surface area contributed by atoms with Crippen molar-refractivity contribution in [2.24, 2.45) is 0 Å². The van der Waals surface area contributed by atoms with Gasteiger partial charge in [0.25, 0.3) is 0 Å². The minimum Gasteiger partial charge on any atom is -0.376 e. The van der Waals surface area contributed by atoms with Crippen LogP contribution < -0.4 is 5.32 Å². The summed E-state index contributed by atoms with van der Waals surface area (Å²) in [6.07, 6.45) is -4.61. The van der Waals surface area contributed by atoms with Crippen molar-refractivity contribution in [3.63, 3.8) is 0 Å². The molecular weight excluding hydrogens is 259 g/mol. The van der Waals surface area contributed by atoms with Crippen LogP contribution in [0.5, 0.6) is 0 Å². The van der Waals surface area contributed by atoms with Crippen molar-refractivity contribution in [2.75, 3.05) is 31.7 Å². The maximum Gasteiger partial charge on any atom is 0.445 e. The lowest BCUT2D eigenvalue weighted by Crippen LogP contribution is -2.34. The Hall–Kier alpha value is -0.930. The van der Waals surface area contributed by atoms with Crippen molar-refractivity contribution in [3.8, 4) is 0 Å². The quantitative estimate of drug-likeness (QED) is 0.898. The molecule has 0 spiro atoms. The number of alkyl halides is 3. The Bertz CT molecular complexity index is 365. The standard InChI is InChI=1S/C8H10F3N3O2S/c9-8(10,11)6-13-14-7(17-6)12-3-5-4-15-1-2-16-5/h5H,1-4H2,(H,12,14). The van der Waals surface area contributed by atoms with Crippen LogP contribution in [0.25, 0.3) is 0 Å². The Morgan fingerprint density at radius 3 is 2.76 bits per heavy atom. The Balaban J connectivity index is 1.84. The molecule has 1 fully saturated rings. The molecule has 2 heterocycles. The summed E-state index contributed by atoms with van der Waals surface area (Å²) in [5.41, 5.74) is 0. The van der Waals surface area contributed by atoms with Crippen LogP contribution in [-0.2, 0) is 15.7 Å². The molecule has 0 amide bonds. The summed E-state index contributed by atoms with van der Waals surface area (Å²) >= 11 is 0.474. The maximum absolute atomic E-state index is 12.2. The van der Waals surface area contributed by atoms with Crippen LogP contribution in [0.3, 0.4) is 0 Å². The summed E-state index contributed by atoms with van der Waals surface area (Å²) < 4.78 is 47.2. The van der Waals surface area contributed by atoms with Gasteiger partial charge >= 0.3 is 6.18 Å². The van der Waals surface area contributed by atoms with E-state index in [9.17, 15) is 13.2 Å². The van der Waals surface area contributed by atoms with Crippen molar-refractivity contribution in [1.29, 1.82) is 0 Å². The Kier molecular flexibility index (Phi) is 3.79. The molecule has 2 rings (SSSR count). The zero-order valence-corrected chi connectivity index (χ0v) is 9.48. The van der Waals surface area contributed by atoms with E-state index >= 15 is 0 Å². The number of anilines is 1. The molecule has 0 bridgehead atoms. The van der Waals surface area contributed by atoms with Gasteiger partial charge in [0.15, 0.2) is 0 Å². The lowest BCUT2D eigenvalue weighted by Gasteiger charge is -2.22. The molecule has 0 radical (unpaired) electrons. The van der Waals surface area contributed by atoms with E-state index < -0.39 is 11.2 Å². The van der Waals surface area contributed by atoms with E-state index in [0.29, 0.717) is 37.7 Å². The van der Waals surface area contributed by atoms with Crippen LogP contribution in [0.2, 0.25) is 0 Å². The summed E-state index contributed by atoms with van der Waals surface area (Å²) in [6.45, 7) is 1.83. The lowest BCUT2D eigenvalue weighted by atomic mass is 10.3. The van der Waals surface area contributed by atoms with Gasteiger partial charge in [-0.1, -0.05) is 11.3 Å². The monoisotopic (exact) mass is 269 g/mol. The first-order valence-electron chi connectivity index (χ1n) is 4.89. The normalized spacial score (nSPS) is 21.5. The number of nitrogens with zero attached hydrogens (tertiary/aromatic N) is 2. The minimum atomic E-state index is -4.44. The number of hydrogen-bond donors (Lipinski definition) is 1. The molecule has 1 saturated heterocycles. The van der Waals surface area contributed by atoms with Gasteiger partial charge in [0.05, 0.1) is 25.9 Å². The van der Waals surface area contributed by atoms with Crippen molar-refractivity contribution < 1.29 is 22.6 Å². The van der Waals surface area contributed by atoms with Gasteiger partial charge in [-0.2, -0.15) is 13.2 Å². The molecule has 96 valence electrons. The second-order valence-corrected chi connectivity index (χ2v) is 4.34. The first-order valence-corrected chi connectivity index (χ1v) is 5.71. The molecular formula is C8H10F3N3O2S. The van der Waals surface area contributed by atoms with Gasteiger partial charge in [-0.25, -0.2) is 0 Å². The van der Waals surface area contributed by atoms with Gasteiger partial charge in [-0.05, 0) is 0 Å². The Morgan fingerprint density at radius 2 is 2.18 bits per heavy atom. The molecule has 9 heteroatoms. The van der Waals surface area contributed by atoms with Crippen LogP contribution in [0.4, 0.5) is 18.3 Å². The molecule has 1 aromatic heterocycles. The van der Waals surface area contributed by atoms with Gasteiger partial charge in [-0.3, -0.25) is 0 Å². The molecule has 17 heavy (non-hydrogen) atoms. The van der Waals surface area contributed by atoms with Gasteiger partial charge in [-0.15, -0.1) is 10.2 Å². The molecule has 0 saturated carbocycles.